The molecule has 1 unspecified atom stereocenters. The van der Waals surface area contributed by atoms with Crippen LogP contribution in [-0.4, -0.2) is 36.1 Å². The molecule has 1 amide bonds. The molecule has 1 aliphatic rings. The predicted molar refractivity (Wildman–Crippen MR) is 78.6 cm³/mol. The maximum atomic E-state index is 12.2. The highest BCUT2D eigenvalue weighted by Crippen LogP contribution is 2.36. The van der Waals surface area contributed by atoms with Crippen molar-refractivity contribution >= 4 is 29.4 Å². The van der Waals surface area contributed by atoms with E-state index < -0.39 is 29.8 Å². The zero-order valence-electron chi connectivity index (χ0n) is 11.9. The van der Waals surface area contributed by atoms with Crippen LogP contribution in [0, 0.1) is 11.8 Å². The maximum absolute atomic E-state index is 12.2. The standard InChI is InChI=1S/C15H16ClNO5/c1-22-15(21)12(9-6-10(7-9)14(19)20)17-13(18)8-2-4-11(16)5-3-8/h2-5,9-10,12H,6-7H2,1H3,(H,17,18)(H,19,20). The van der Waals surface area contributed by atoms with Crippen LogP contribution in [0.25, 0.3) is 0 Å². The van der Waals surface area contributed by atoms with Crippen LogP contribution in [0.4, 0.5) is 0 Å². The molecule has 0 spiro atoms. The number of ether oxygens (including phenoxy) is 1. The quantitative estimate of drug-likeness (QED) is 0.804. The van der Waals surface area contributed by atoms with Crippen molar-refractivity contribution < 1.29 is 24.2 Å². The van der Waals surface area contributed by atoms with Gasteiger partial charge in [0.25, 0.3) is 5.91 Å². The normalized spacial score (nSPS) is 21.4. The summed E-state index contributed by atoms with van der Waals surface area (Å²) in [6, 6.07) is 5.41. The number of rotatable bonds is 5. The second-order valence-corrected chi connectivity index (χ2v) is 5.68. The molecule has 1 aliphatic carbocycles. The Hall–Kier alpha value is -2.08. The predicted octanol–water partition coefficient (Wildman–Crippen LogP) is 1.72. The summed E-state index contributed by atoms with van der Waals surface area (Å²) >= 11 is 5.76. The number of halogens is 1. The lowest BCUT2D eigenvalue weighted by Crippen LogP contribution is -2.51. The van der Waals surface area contributed by atoms with E-state index in [2.05, 4.69) is 5.32 Å². The number of esters is 1. The van der Waals surface area contributed by atoms with Crippen LogP contribution in [0.3, 0.4) is 0 Å². The first-order valence-corrected chi connectivity index (χ1v) is 7.17. The smallest absolute Gasteiger partial charge is 0.328 e. The Labute approximate surface area is 132 Å². The van der Waals surface area contributed by atoms with Gasteiger partial charge in [0.15, 0.2) is 0 Å². The van der Waals surface area contributed by atoms with Crippen molar-refractivity contribution in [3.05, 3.63) is 34.9 Å². The zero-order valence-corrected chi connectivity index (χ0v) is 12.7. The first-order valence-electron chi connectivity index (χ1n) is 6.79. The minimum absolute atomic E-state index is 0.232. The molecule has 2 rings (SSSR count). The second kappa shape index (κ2) is 6.79. The molecule has 0 radical (unpaired) electrons. The number of methoxy groups -OCH3 is 1. The molecule has 0 bridgehead atoms. The van der Waals surface area contributed by atoms with E-state index in [0.29, 0.717) is 23.4 Å². The molecule has 1 aromatic rings. The monoisotopic (exact) mass is 325 g/mol. The van der Waals surface area contributed by atoms with Crippen molar-refractivity contribution in [2.75, 3.05) is 7.11 Å². The third-order valence-electron chi connectivity index (χ3n) is 3.84. The third kappa shape index (κ3) is 3.57. The molecular formula is C15H16ClNO5. The minimum Gasteiger partial charge on any atom is -0.481 e. The van der Waals surface area contributed by atoms with Gasteiger partial charge >= 0.3 is 11.9 Å². The lowest BCUT2D eigenvalue weighted by atomic mass is 9.71. The number of benzene rings is 1. The summed E-state index contributed by atoms with van der Waals surface area (Å²) < 4.78 is 4.70. The number of hydrogen-bond donors (Lipinski definition) is 2. The SMILES string of the molecule is COC(=O)C(NC(=O)c1ccc(Cl)cc1)C1CC(C(=O)O)C1. The fourth-order valence-corrected chi connectivity index (χ4v) is 2.58. The van der Waals surface area contributed by atoms with E-state index in [1.165, 1.54) is 7.11 Å². The Morgan fingerprint density at radius 2 is 1.86 bits per heavy atom. The van der Waals surface area contributed by atoms with Crippen LogP contribution in [0.2, 0.25) is 5.02 Å². The van der Waals surface area contributed by atoms with E-state index in [9.17, 15) is 14.4 Å². The van der Waals surface area contributed by atoms with Gasteiger partial charge in [-0.05, 0) is 43.0 Å². The molecule has 1 aromatic carbocycles. The number of hydrogen-bond acceptors (Lipinski definition) is 4. The van der Waals surface area contributed by atoms with Gasteiger partial charge in [-0.25, -0.2) is 4.79 Å². The Kier molecular flexibility index (Phi) is 5.03. The lowest BCUT2D eigenvalue weighted by molar-refractivity contribution is -0.152. The number of aliphatic carboxylic acids is 1. The van der Waals surface area contributed by atoms with Gasteiger partial charge in [-0.2, -0.15) is 0 Å². The first kappa shape index (κ1) is 16.3. The highest BCUT2D eigenvalue weighted by atomic mass is 35.5. The summed E-state index contributed by atoms with van der Waals surface area (Å²) in [5.74, 6) is -2.58. The number of carboxylic acids is 1. The molecule has 7 heteroatoms. The van der Waals surface area contributed by atoms with E-state index in [0.717, 1.165) is 0 Å². The fraction of sp³-hybridized carbons (Fsp3) is 0.400. The fourth-order valence-electron chi connectivity index (χ4n) is 2.46. The van der Waals surface area contributed by atoms with E-state index in [1.54, 1.807) is 24.3 Å². The minimum atomic E-state index is -0.885. The topological polar surface area (TPSA) is 92.7 Å². The summed E-state index contributed by atoms with van der Waals surface area (Å²) in [6.07, 6.45) is 0.687. The summed E-state index contributed by atoms with van der Waals surface area (Å²) in [5.41, 5.74) is 0.368. The van der Waals surface area contributed by atoms with Gasteiger partial charge < -0.3 is 15.2 Å². The second-order valence-electron chi connectivity index (χ2n) is 5.25. The summed E-state index contributed by atoms with van der Waals surface area (Å²) in [7, 11) is 1.23. The van der Waals surface area contributed by atoms with Gasteiger partial charge in [0.1, 0.15) is 6.04 Å². The molecule has 1 saturated carbocycles. The van der Waals surface area contributed by atoms with Crippen molar-refractivity contribution in [3.63, 3.8) is 0 Å². The number of carbonyl (C=O) groups excluding carboxylic acids is 2. The molecule has 2 N–H and O–H groups in total. The van der Waals surface area contributed by atoms with Gasteiger partial charge in [0.2, 0.25) is 0 Å². The van der Waals surface area contributed by atoms with Crippen LogP contribution in [-0.2, 0) is 14.3 Å². The summed E-state index contributed by atoms with van der Waals surface area (Å²) in [4.78, 5) is 34.9. The molecular weight excluding hydrogens is 310 g/mol. The molecule has 6 nitrogen and oxygen atoms in total. The average Bonchev–Trinajstić information content (AvgIpc) is 2.44. The highest BCUT2D eigenvalue weighted by Gasteiger charge is 2.43. The van der Waals surface area contributed by atoms with Gasteiger partial charge in [-0.15, -0.1) is 0 Å². The summed E-state index contributed by atoms with van der Waals surface area (Å²) in [5, 5.41) is 12.0. The molecule has 1 fully saturated rings. The number of carbonyl (C=O) groups is 3. The van der Waals surface area contributed by atoms with Gasteiger partial charge in [-0.3, -0.25) is 9.59 Å². The molecule has 0 heterocycles. The van der Waals surface area contributed by atoms with E-state index in [-0.39, 0.29) is 5.92 Å². The molecule has 1 atom stereocenters. The van der Waals surface area contributed by atoms with Gasteiger partial charge in [0, 0.05) is 10.6 Å². The zero-order chi connectivity index (χ0) is 16.3. The number of carboxylic acid groups (broad SMARTS) is 1. The van der Waals surface area contributed by atoms with Crippen molar-refractivity contribution in [1.82, 2.24) is 5.32 Å². The largest absolute Gasteiger partial charge is 0.481 e. The molecule has 118 valence electrons. The van der Waals surface area contributed by atoms with E-state index in [1.807, 2.05) is 0 Å². The Bertz CT molecular complexity index is 580. The van der Waals surface area contributed by atoms with E-state index >= 15 is 0 Å². The summed E-state index contributed by atoms with van der Waals surface area (Å²) in [6.45, 7) is 0. The molecule has 0 saturated heterocycles. The van der Waals surface area contributed by atoms with Crippen LogP contribution < -0.4 is 5.32 Å². The molecule has 0 aromatic heterocycles. The van der Waals surface area contributed by atoms with E-state index in [4.69, 9.17) is 21.4 Å². The average molecular weight is 326 g/mol. The third-order valence-corrected chi connectivity index (χ3v) is 4.10. The van der Waals surface area contributed by atoms with Crippen molar-refractivity contribution in [2.45, 2.75) is 18.9 Å². The van der Waals surface area contributed by atoms with Crippen LogP contribution >= 0.6 is 11.6 Å². The lowest BCUT2D eigenvalue weighted by Gasteiger charge is -2.37. The Morgan fingerprint density at radius 3 is 2.36 bits per heavy atom. The maximum Gasteiger partial charge on any atom is 0.328 e. The van der Waals surface area contributed by atoms with Crippen LogP contribution in [0.1, 0.15) is 23.2 Å². The van der Waals surface area contributed by atoms with Crippen LogP contribution in [0.15, 0.2) is 24.3 Å². The van der Waals surface area contributed by atoms with Crippen molar-refractivity contribution in [2.24, 2.45) is 11.8 Å². The van der Waals surface area contributed by atoms with Crippen LogP contribution in [0.5, 0.6) is 0 Å². The number of nitrogens with one attached hydrogen (secondary N) is 1. The van der Waals surface area contributed by atoms with Gasteiger partial charge in [0.05, 0.1) is 13.0 Å². The highest BCUT2D eigenvalue weighted by molar-refractivity contribution is 6.30. The Balaban J connectivity index is 2.04. The molecule has 22 heavy (non-hydrogen) atoms. The van der Waals surface area contributed by atoms with Crippen molar-refractivity contribution in [1.29, 1.82) is 0 Å². The first-order chi connectivity index (χ1) is 10.4. The Morgan fingerprint density at radius 1 is 1.27 bits per heavy atom. The van der Waals surface area contributed by atoms with Gasteiger partial charge in [-0.1, -0.05) is 11.6 Å². The molecule has 0 aliphatic heterocycles. The number of amides is 1. The van der Waals surface area contributed by atoms with Crippen molar-refractivity contribution in [3.8, 4) is 0 Å².